The molecule has 0 N–H and O–H groups in total. The maximum absolute atomic E-state index is 13.0. The third-order valence-corrected chi connectivity index (χ3v) is 4.14. The molecule has 0 saturated heterocycles. The summed E-state index contributed by atoms with van der Waals surface area (Å²) in [7, 11) is 0. The summed E-state index contributed by atoms with van der Waals surface area (Å²) in [5.74, 6) is 5.22. The van der Waals surface area contributed by atoms with Gasteiger partial charge in [-0.15, -0.1) is 0 Å². The topological polar surface area (TPSA) is 9.23 Å². The van der Waals surface area contributed by atoms with Crippen molar-refractivity contribution in [2.24, 2.45) is 0 Å². The van der Waals surface area contributed by atoms with Crippen LogP contribution in [0.4, 0.5) is 4.39 Å². The van der Waals surface area contributed by atoms with Crippen LogP contribution in [-0.2, 0) is 4.74 Å². The number of ether oxygens (including phenoxy) is 1. The molecule has 104 valence electrons. The van der Waals surface area contributed by atoms with Crippen LogP contribution in [0.3, 0.4) is 0 Å². The SMILES string of the molecule is C#CCOC(C#C[Se]c1ccccc1)c1ccc(F)cc1. The van der Waals surface area contributed by atoms with Gasteiger partial charge in [-0.2, -0.15) is 0 Å². The Balaban J connectivity index is 2.10. The van der Waals surface area contributed by atoms with Gasteiger partial charge in [0.05, 0.1) is 0 Å². The van der Waals surface area contributed by atoms with Gasteiger partial charge in [0, 0.05) is 0 Å². The molecule has 0 saturated carbocycles. The Bertz CT molecular complexity index is 662. The van der Waals surface area contributed by atoms with Crippen molar-refractivity contribution in [3.05, 3.63) is 66.0 Å². The fourth-order valence-electron chi connectivity index (χ4n) is 1.62. The van der Waals surface area contributed by atoms with Gasteiger partial charge in [0.1, 0.15) is 0 Å². The van der Waals surface area contributed by atoms with E-state index in [0.29, 0.717) is 0 Å². The van der Waals surface area contributed by atoms with E-state index in [1.54, 1.807) is 12.1 Å². The molecule has 2 rings (SSSR count). The van der Waals surface area contributed by atoms with E-state index < -0.39 is 6.10 Å². The van der Waals surface area contributed by atoms with Crippen molar-refractivity contribution in [1.82, 2.24) is 0 Å². The molecular formula is C18H13FOSe. The third-order valence-electron chi connectivity index (χ3n) is 2.61. The van der Waals surface area contributed by atoms with Crippen LogP contribution in [0.5, 0.6) is 0 Å². The predicted octanol–water partition coefficient (Wildman–Crippen LogP) is 2.51. The van der Waals surface area contributed by atoms with Crippen molar-refractivity contribution in [2.45, 2.75) is 6.10 Å². The maximum atomic E-state index is 13.0. The van der Waals surface area contributed by atoms with Gasteiger partial charge in [0.25, 0.3) is 0 Å². The monoisotopic (exact) mass is 344 g/mol. The summed E-state index contributed by atoms with van der Waals surface area (Å²) in [6.45, 7) is 0.176. The molecule has 1 atom stereocenters. The summed E-state index contributed by atoms with van der Waals surface area (Å²) >= 11 is 0.0546. The Morgan fingerprint density at radius 2 is 1.81 bits per heavy atom. The normalized spacial score (nSPS) is 11.0. The van der Waals surface area contributed by atoms with Crippen molar-refractivity contribution < 1.29 is 9.13 Å². The second kappa shape index (κ2) is 8.30. The van der Waals surface area contributed by atoms with Gasteiger partial charge in [-0.1, -0.05) is 0 Å². The Labute approximate surface area is 130 Å². The van der Waals surface area contributed by atoms with Crippen LogP contribution in [-0.4, -0.2) is 21.6 Å². The molecule has 0 heterocycles. The van der Waals surface area contributed by atoms with Gasteiger partial charge in [-0.25, -0.2) is 0 Å². The zero-order chi connectivity index (χ0) is 14.9. The molecule has 0 aliphatic carbocycles. The molecule has 0 amide bonds. The van der Waals surface area contributed by atoms with Crippen LogP contribution < -0.4 is 4.46 Å². The molecule has 1 nitrogen and oxygen atoms in total. The van der Waals surface area contributed by atoms with E-state index in [1.165, 1.54) is 16.6 Å². The van der Waals surface area contributed by atoms with E-state index in [0.717, 1.165) is 5.56 Å². The van der Waals surface area contributed by atoms with Gasteiger partial charge in [-0.3, -0.25) is 0 Å². The number of rotatable bonds is 4. The Morgan fingerprint density at radius 1 is 1.10 bits per heavy atom. The molecule has 0 fully saturated rings. The van der Waals surface area contributed by atoms with E-state index >= 15 is 0 Å². The van der Waals surface area contributed by atoms with Crippen LogP contribution in [0.2, 0.25) is 0 Å². The van der Waals surface area contributed by atoms with Gasteiger partial charge in [0.15, 0.2) is 0 Å². The van der Waals surface area contributed by atoms with Crippen LogP contribution in [0.15, 0.2) is 54.6 Å². The average molecular weight is 343 g/mol. The van der Waals surface area contributed by atoms with Crippen molar-refractivity contribution in [1.29, 1.82) is 0 Å². The molecule has 21 heavy (non-hydrogen) atoms. The zero-order valence-corrected chi connectivity index (χ0v) is 13.0. The summed E-state index contributed by atoms with van der Waals surface area (Å²) in [6.07, 6.45) is 4.80. The van der Waals surface area contributed by atoms with E-state index in [2.05, 4.69) is 16.7 Å². The first-order chi connectivity index (χ1) is 10.3. The van der Waals surface area contributed by atoms with Crippen molar-refractivity contribution in [3.8, 4) is 23.1 Å². The van der Waals surface area contributed by atoms with E-state index in [4.69, 9.17) is 11.2 Å². The van der Waals surface area contributed by atoms with Crippen LogP contribution >= 0.6 is 0 Å². The van der Waals surface area contributed by atoms with Gasteiger partial charge < -0.3 is 0 Å². The molecule has 1 unspecified atom stereocenters. The van der Waals surface area contributed by atoms with Crippen LogP contribution in [0.1, 0.15) is 11.7 Å². The zero-order valence-electron chi connectivity index (χ0n) is 11.3. The summed E-state index contributed by atoms with van der Waals surface area (Å²) in [4.78, 5) is 3.15. The van der Waals surface area contributed by atoms with E-state index in [9.17, 15) is 4.39 Å². The second-order valence-electron chi connectivity index (χ2n) is 4.11. The van der Waals surface area contributed by atoms with Crippen molar-refractivity contribution in [2.75, 3.05) is 6.61 Å². The third kappa shape index (κ3) is 5.10. The Hall–Kier alpha value is -2.03. The second-order valence-corrected chi connectivity index (χ2v) is 5.95. The standard InChI is InChI=1S/C18H13FOSe/c1-2-13-20-18(15-8-10-16(19)11-9-15)12-14-21-17-6-4-3-5-7-17/h1,3-11,18H,13H2. The van der Waals surface area contributed by atoms with Crippen LogP contribution in [0, 0.1) is 28.9 Å². The summed E-state index contributed by atoms with van der Waals surface area (Å²) in [5.41, 5.74) is 0.808. The van der Waals surface area contributed by atoms with E-state index in [1.807, 2.05) is 30.3 Å². The van der Waals surface area contributed by atoms with Crippen molar-refractivity contribution >= 4 is 19.4 Å². The van der Waals surface area contributed by atoms with Gasteiger partial charge in [-0.05, 0) is 0 Å². The first-order valence-corrected chi connectivity index (χ1v) is 8.04. The quantitative estimate of drug-likeness (QED) is 0.612. The molecule has 2 aromatic rings. The summed E-state index contributed by atoms with van der Waals surface area (Å²) in [5, 5.41) is 0. The minimum atomic E-state index is -0.424. The Kier molecular flexibility index (Phi) is 6.07. The Morgan fingerprint density at radius 3 is 2.48 bits per heavy atom. The number of hydrogen-bond donors (Lipinski definition) is 0. The molecule has 0 spiro atoms. The average Bonchev–Trinajstić information content (AvgIpc) is 2.53. The minimum absolute atomic E-state index is 0.0546. The number of benzene rings is 2. The predicted molar refractivity (Wildman–Crippen MR) is 83.5 cm³/mol. The van der Waals surface area contributed by atoms with Crippen LogP contribution in [0.25, 0.3) is 0 Å². The van der Waals surface area contributed by atoms with E-state index in [-0.39, 0.29) is 27.4 Å². The molecule has 0 aromatic heterocycles. The molecule has 0 aliphatic rings. The molecule has 0 bridgehead atoms. The molecule has 0 radical (unpaired) electrons. The molecule has 0 aliphatic heterocycles. The fourth-order valence-corrected chi connectivity index (χ4v) is 2.83. The van der Waals surface area contributed by atoms with Crippen molar-refractivity contribution in [3.63, 3.8) is 0 Å². The summed E-state index contributed by atoms with van der Waals surface area (Å²) < 4.78 is 19.7. The molecule has 2 aromatic carbocycles. The fraction of sp³-hybridized carbons (Fsp3) is 0.111. The number of halogens is 1. The number of hydrogen-bond acceptors (Lipinski definition) is 1. The molecule has 3 heteroatoms. The first-order valence-electron chi connectivity index (χ1n) is 6.32. The number of terminal acetylenes is 1. The summed E-state index contributed by atoms with van der Waals surface area (Å²) in [6, 6.07) is 16.2. The van der Waals surface area contributed by atoms with Gasteiger partial charge >= 0.3 is 130 Å². The van der Waals surface area contributed by atoms with Gasteiger partial charge in [0.2, 0.25) is 0 Å². The molecular weight excluding hydrogens is 330 g/mol. The first kappa shape index (κ1) is 15.4.